The van der Waals surface area contributed by atoms with Crippen molar-refractivity contribution < 1.29 is 9.72 Å². The SMILES string of the molecule is C#CC(C)(CC)NC(=O)c1ccc([N+](=O)[O-])c(C)c1. The van der Waals surface area contributed by atoms with E-state index in [4.69, 9.17) is 6.42 Å². The second kappa shape index (κ2) is 5.53. The molecule has 0 aliphatic heterocycles. The number of hydrogen-bond acceptors (Lipinski definition) is 3. The number of rotatable bonds is 4. The molecule has 0 aliphatic rings. The summed E-state index contributed by atoms with van der Waals surface area (Å²) in [5.74, 6) is 2.20. The number of carbonyl (C=O) groups excluding carboxylic acids is 1. The lowest BCUT2D eigenvalue weighted by atomic mass is 9.99. The van der Waals surface area contributed by atoms with Gasteiger partial charge in [0.2, 0.25) is 0 Å². The van der Waals surface area contributed by atoms with Crippen LogP contribution in [0.4, 0.5) is 5.69 Å². The number of carbonyl (C=O) groups is 1. The van der Waals surface area contributed by atoms with E-state index >= 15 is 0 Å². The van der Waals surface area contributed by atoms with Gasteiger partial charge in [0.05, 0.1) is 10.5 Å². The van der Waals surface area contributed by atoms with Crippen LogP contribution in [0.5, 0.6) is 0 Å². The highest BCUT2D eigenvalue weighted by atomic mass is 16.6. The molecule has 0 saturated carbocycles. The van der Waals surface area contributed by atoms with Gasteiger partial charge in [-0.05, 0) is 32.4 Å². The molecule has 100 valence electrons. The molecule has 0 radical (unpaired) electrons. The van der Waals surface area contributed by atoms with Crippen LogP contribution in [0.25, 0.3) is 0 Å². The second-order valence-electron chi connectivity index (χ2n) is 4.54. The van der Waals surface area contributed by atoms with Crippen molar-refractivity contribution in [3.63, 3.8) is 0 Å². The number of nitro benzene ring substituents is 1. The number of aryl methyl sites for hydroxylation is 1. The summed E-state index contributed by atoms with van der Waals surface area (Å²) in [6, 6.07) is 4.23. The highest BCUT2D eigenvalue weighted by Gasteiger charge is 2.22. The third-order valence-corrected chi connectivity index (χ3v) is 3.07. The Labute approximate surface area is 112 Å². The van der Waals surface area contributed by atoms with Crippen molar-refractivity contribution in [3.05, 3.63) is 39.4 Å². The summed E-state index contributed by atoms with van der Waals surface area (Å²) in [6.45, 7) is 5.22. The fourth-order valence-electron chi connectivity index (χ4n) is 1.55. The van der Waals surface area contributed by atoms with Gasteiger partial charge in [0.25, 0.3) is 11.6 Å². The largest absolute Gasteiger partial charge is 0.336 e. The Bertz CT molecular complexity index is 560. The first-order valence-corrected chi connectivity index (χ1v) is 5.88. The molecule has 5 nitrogen and oxygen atoms in total. The molecule has 1 N–H and O–H groups in total. The first kappa shape index (κ1) is 14.7. The van der Waals surface area contributed by atoms with Crippen LogP contribution in [0.2, 0.25) is 0 Å². The van der Waals surface area contributed by atoms with Crippen LogP contribution >= 0.6 is 0 Å². The third-order valence-electron chi connectivity index (χ3n) is 3.07. The summed E-state index contributed by atoms with van der Waals surface area (Å²) >= 11 is 0. The Morgan fingerprint density at radius 1 is 1.58 bits per heavy atom. The minimum Gasteiger partial charge on any atom is -0.336 e. The van der Waals surface area contributed by atoms with Crippen LogP contribution < -0.4 is 5.32 Å². The number of terminal acetylenes is 1. The Morgan fingerprint density at radius 3 is 2.63 bits per heavy atom. The van der Waals surface area contributed by atoms with E-state index in [1.165, 1.54) is 18.2 Å². The molecule has 0 fully saturated rings. The lowest BCUT2D eigenvalue weighted by molar-refractivity contribution is -0.385. The monoisotopic (exact) mass is 260 g/mol. The minimum absolute atomic E-state index is 0.00764. The number of nitrogens with one attached hydrogen (secondary N) is 1. The van der Waals surface area contributed by atoms with Gasteiger partial charge in [-0.2, -0.15) is 0 Å². The zero-order valence-electron chi connectivity index (χ0n) is 11.2. The van der Waals surface area contributed by atoms with Crippen LogP contribution in [0.15, 0.2) is 18.2 Å². The molecule has 0 aliphatic carbocycles. The predicted molar refractivity (Wildman–Crippen MR) is 72.8 cm³/mol. The molecular formula is C14H16N2O3. The molecule has 1 aromatic rings. The Balaban J connectivity index is 3.00. The van der Waals surface area contributed by atoms with Crippen LogP contribution in [-0.4, -0.2) is 16.4 Å². The quantitative estimate of drug-likeness (QED) is 0.513. The average Bonchev–Trinajstić information content (AvgIpc) is 2.37. The fourth-order valence-corrected chi connectivity index (χ4v) is 1.55. The molecule has 0 spiro atoms. The van der Waals surface area contributed by atoms with Crippen molar-refractivity contribution >= 4 is 11.6 Å². The second-order valence-corrected chi connectivity index (χ2v) is 4.54. The molecule has 0 heterocycles. The smallest absolute Gasteiger partial charge is 0.272 e. The van der Waals surface area contributed by atoms with Gasteiger partial charge >= 0.3 is 0 Å². The third kappa shape index (κ3) is 3.32. The first-order valence-electron chi connectivity index (χ1n) is 5.88. The number of nitro groups is 1. The molecule has 0 aromatic heterocycles. The molecule has 1 rings (SSSR count). The predicted octanol–water partition coefficient (Wildman–Crippen LogP) is 2.43. The van der Waals surface area contributed by atoms with Gasteiger partial charge in [0.1, 0.15) is 0 Å². The van der Waals surface area contributed by atoms with E-state index in [9.17, 15) is 14.9 Å². The van der Waals surface area contributed by atoms with Gasteiger partial charge < -0.3 is 5.32 Å². The summed E-state index contributed by atoms with van der Waals surface area (Å²) in [6.07, 6.45) is 5.98. The highest BCUT2D eigenvalue weighted by molar-refractivity contribution is 5.95. The van der Waals surface area contributed by atoms with Crippen LogP contribution in [0, 0.1) is 29.4 Å². The summed E-state index contributed by atoms with van der Waals surface area (Å²) in [7, 11) is 0. The molecule has 1 atom stereocenters. The standard InChI is InChI=1S/C14H16N2O3/c1-5-14(4,6-2)15-13(17)11-7-8-12(16(18)19)10(3)9-11/h1,7-9H,6H2,2-4H3,(H,15,17). The van der Waals surface area contributed by atoms with Crippen molar-refractivity contribution in [2.45, 2.75) is 32.7 Å². The van der Waals surface area contributed by atoms with Crippen molar-refractivity contribution in [1.29, 1.82) is 0 Å². The van der Waals surface area contributed by atoms with Gasteiger partial charge in [-0.3, -0.25) is 14.9 Å². The van der Waals surface area contributed by atoms with Crippen LogP contribution in [-0.2, 0) is 0 Å². The maximum Gasteiger partial charge on any atom is 0.272 e. The van der Waals surface area contributed by atoms with E-state index in [0.29, 0.717) is 17.5 Å². The summed E-state index contributed by atoms with van der Waals surface area (Å²) in [4.78, 5) is 22.3. The Kier molecular flexibility index (Phi) is 4.28. The highest BCUT2D eigenvalue weighted by Crippen LogP contribution is 2.19. The lowest BCUT2D eigenvalue weighted by Gasteiger charge is -2.23. The first-order chi connectivity index (χ1) is 8.83. The molecule has 1 unspecified atom stereocenters. The van der Waals surface area contributed by atoms with Crippen LogP contribution in [0.1, 0.15) is 36.2 Å². The van der Waals surface area contributed by atoms with E-state index in [1.807, 2.05) is 6.92 Å². The number of benzene rings is 1. The Hall–Kier alpha value is -2.35. The molecule has 0 bridgehead atoms. The van der Waals surface area contributed by atoms with Gasteiger partial charge in [0, 0.05) is 17.2 Å². The summed E-state index contributed by atoms with van der Waals surface area (Å²) in [5, 5.41) is 13.4. The van der Waals surface area contributed by atoms with E-state index in [2.05, 4.69) is 11.2 Å². The minimum atomic E-state index is -0.716. The van der Waals surface area contributed by atoms with Gasteiger partial charge in [-0.1, -0.05) is 12.8 Å². The number of nitrogens with zero attached hydrogens (tertiary/aromatic N) is 1. The van der Waals surface area contributed by atoms with Crippen molar-refractivity contribution in [1.82, 2.24) is 5.32 Å². The topological polar surface area (TPSA) is 72.2 Å². The molecule has 1 aromatic carbocycles. The zero-order chi connectivity index (χ0) is 14.6. The maximum absolute atomic E-state index is 12.0. The van der Waals surface area contributed by atoms with Crippen molar-refractivity contribution in [3.8, 4) is 12.3 Å². The van der Waals surface area contributed by atoms with Crippen molar-refractivity contribution in [2.75, 3.05) is 0 Å². The van der Waals surface area contributed by atoms with Gasteiger partial charge in [0.15, 0.2) is 0 Å². The number of hydrogen-bond donors (Lipinski definition) is 1. The normalized spacial score (nSPS) is 13.2. The van der Waals surface area contributed by atoms with Gasteiger partial charge in [-0.25, -0.2) is 0 Å². The number of amides is 1. The summed E-state index contributed by atoms with van der Waals surface area (Å²) < 4.78 is 0. The van der Waals surface area contributed by atoms with E-state index in [-0.39, 0.29) is 11.6 Å². The zero-order valence-corrected chi connectivity index (χ0v) is 11.2. The van der Waals surface area contributed by atoms with Crippen LogP contribution in [0.3, 0.4) is 0 Å². The molecule has 5 heteroatoms. The molecule has 19 heavy (non-hydrogen) atoms. The van der Waals surface area contributed by atoms with Gasteiger partial charge in [-0.15, -0.1) is 6.42 Å². The van der Waals surface area contributed by atoms with E-state index < -0.39 is 10.5 Å². The average molecular weight is 260 g/mol. The molecule has 1 amide bonds. The molecule has 0 saturated heterocycles. The maximum atomic E-state index is 12.0. The van der Waals surface area contributed by atoms with E-state index in [0.717, 1.165) is 0 Å². The molecular weight excluding hydrogens is 244 g/mol. The lowest BCUT2D eigenvalue weighted by Crippen LogP contribution is -2.44. The Morgan fingerprint density at radius 2 is 2.21 bits per heavy atom. The van der Waals surface area contributed by atoms with E-state index in [1.54, 1.807) is 13.8 Å². The fraction of sp³-hybridized carbons (Fsp3) is 0.357. The summed E-state index contributed by atoms with van der Waals surface area (Å²) in [5.41, 5.74) is 0.0774. The van der Waals surface area contributed by atoms with Crippen molar-refractivity contribution in [2.24, 2.45) is 0 Å².